The van der Waals surface area contributed by atoms with Gasteiger partial charge in [0, 0.05) is 61.4 Å². The molecule has 2 N–H and O–H groups in total. The first-order valence-corrected chi connectivity index (χ1v) is 17.8. The summed E-state index contributed by atoms with van der Waals surface area (Å²) in [4.78, 5) is 26.1. The molecule has 6 rings (SSSR count). The highest BCUT2D eigenvalue weighted by Crippen LogP contribution is 2.29. The smallest absolute Gasteiger partial charge is 0.260 e. The molecule has 0 unspecified atom stereocenters. The lowest BCUT2D eigenvalue weighted by Crippen LogP contribution is -2.36. The highest BCUT2D eigenvalue weighted by molar-refractivity contribution is 7.89. The fourth-order valence-electron chi connectivity index (χ4n) is 6.48. The summed E-state index contributed by atoms with van der Waals surface area (Å²) in [5.74, 6) is 0.388. The third-order valence-corrected chi connectivity index (χ3v) is 10.7. The van der Waals surface area contributed by atoms with E-state index in [9.17, 15) is 13.2 Å². The van der Waals surface area contributed by atoms with Gasteiger partial charge in [-0.05, 0) is 95.9 Å². The lowest BCUT2D eigenvalue weighted by atomic mass is 9.99. The molecule has 0 spiro atoms. The van der Waals surface area contributed by atoms with Gasteiger partial charge in [-0.15, -0.1) is 0 Å². The van der Waals surface area contributed by atoms with Gasteiger partial charge in [-0.2, -0.15) is 14.2 Å². The van der Waals surface area contributed by atoms with Crippen LogP contribution in [-0.4, -0.2) is 95.9 Å². The summed E-state index contributed by atoms with van der Waals surface area (Å²) in [5, 5.41) is 11.9. The summed E-state index contributed by atoms with van der Waals surface area (Å²) in [6, 6.07) is 10.3. The number of hydrogen-bond donors (Lipinski definition) is 2. The zero-order valence-electron chi connectivity index (χ0n) is 27.5. The third kappa shape index (κ3) is 7.35. The minimum atomic E-state index is -3.78. The number of nitrogens with zero attached hydrogens (tertiary/aromatic N) is 6. The predicted octanol–water partition coefficient (Wildman–Crippen LogP) is 3.77. The number of hydrogen-bond acceptors (Lipinski definition) is 11. The van der Waals surface area contributed by atoms with E-state index < -0.39 is 10.0 Å². The van der Waals surface area contributed by atoms with Crippen LogP contribution >= 0.6 is 0 Å². The Morgan fingerprint density at radius 3 is 2.45 bits per heavy atom. The van der Waals surface area contributed by atoms with E-state index in [1.807, 2.05) is 12.1 Å². The number of benzene rings is 1. The monoisotopic (exact) mass is 664 g/mol. The molecule has 4 aromatic rings. The number of rotatable bonds is 11. The summed E-state index contributed by atoms with van der Waals surface area (Å²) in [6.45, 7) is 7.36. The molecule has 3 aromatic heterocycles. The summed E-state index contributed by atoms with van der Waals surface area (Å²) in [5.41, 5.74) is 3.85. The second-order valence-electron chi connectivity index (χ2n) is 12.6. The molecule has 14 heteroatoms. The van der Waals surface area contributed by atoms with Crippen molar-refractivity contribution in [3.63, 3.8) is 0 Å². The van der Waals surface area contributed by atoms with Crippen LogP contribution in [0.25, 0.3) is 22.2 Å². The van der Waals surface area contributed by atoms with Gasteiger partial charge < -0.3 is 25.0 Å². The standard InChI is InChI=1S/C33H44N8O5S/c1-22-30(23(2)41(38-22)47(43,44)18-17-45-4)29-19-25-20-34-33(37-31(25)40(32(29)42)21-24-11-15-46-16-12-24)36-27-7-5-26(6-8-27)35-28-9-13-39(3)14-10-28/h5-8,19-20,24,28,35H,9-18,21H2,1-4H3,(H,34,36,37). The average Bonchev–Trinajstić information content (AvgIpc) is 3.38. The Hall–Kier alpha value is -3.85. The molecule has 0 amide bonds. The number of aromatic nitrogens is 5. The molecule has 2 fully saturated rings. The Kier molecular flexibility index (Phi) is 9.92. The second-order valence-corrected chi connectivity index (χ2v) is 14.5. The molecule has 2 aliphatic rings. The van der Waals surface area contributed by atoms with Gasteiger partial charge in [0.25, 0.3) is 15.6 Å². The van der Waals surface area contributed by atoms with E-state index in [1.165, 1.54) is 7.11 Å². The van der Waals surface area contributed by atoms with Gasteiger partial charge in [0.15, 0.2) is 0 Å². The fourth-order valence-corrected chi connectivity index (χ4v) is 7.78. The van der Waals surface area contributed by atoms with Gasteiger partial charge in [0.05, 0.1) is 29.3 Å². The van der Waals surface area contributed by atoms with Crippen LogP contribution < -0.4 is 16.2 Å². The number of anilines is 3. The molecule has 2 saturated heterocycles. The molecule has 5 heterocycles. The Morgan fingerprint density at radius 2 is 1.74 bits per heavy atom. The fraction of sp³-hybridized carbons (Fsp3) is 0.515. The summed E-state index contributed by atoms with van der Waals surface area (Å²) < 4.78 is 39.4. The van der Waals surface area contributed by atoms with Gasteiger partial charge in [-0.25, -0.2) is 13.4 Å². The number of pyridine rings is 1. The maximum Gasteiger partial charge on any atom is 0.260 e. The maximum absolute atomic E-state index is 14.3. The molecule has 0 atom stereocenters. The zero-order chi connectivity index (χ0) is 33.1. The quantitative estimate of drug-likeness (QED) is 0.242. The van der Waals surface area contributed by atoms with Crippen molar-refractivity contribution in [2.24, 2.45) is 5.92 Å². The van der Waals surface area contributed by atoms with Crippen LogP contribution in [-0.2, 0) is 26.0 Å². The number of piperidine rings is 1. The van der Waals surface area contributed by atoms with Crippen molar-refractivity contribution in [3.8, 4) is 11.1 Å². The molecule has 13 nitrogen and oxygen atoms in total. The van der Waals surface area contributed by atoms with Gasteiger partial charge in [-0.1, -0.05) is 0 Å². The van der Waals surface area contributed by atoms with Crippen LogP contribution in [0.4, 0.5) is 17.3 Å². The van der Waals surface area contributed by atoms with Crippen molar-refractivity contribution in [1.82, 2.24) is 28.6 Å². The molecule has 1 aromatic carbocycles. The number of ether oxygens (including phenoxy) is 2. The Bertz CT molecular complexity index is 1880. The molecule has 0 aliphatic carbocycles. The van der Waals surface area contributed by atoms with E-state index in [0.29, 0.717) is 65.3 Å². The van der Waals surface area contributed by atoms with Crippen molar-refractivity contribution < 1.29 is 17.9 Å². The van der Waals surface area contributed by atoms with E-state index in [2.05, 4.69) is 44.8 Å². The van der Waals surface area contributed by atoms with E-state index in [0.717, 1.165) is 54.2 Å². The maximum atomic E-state index is 14.3. The van der Waals surface area contributed by atoms with Gasteiger partial charge in [-0.3, -0.25) is 9.36 Å². The third-order valence-electron chi connectivity index (χ3n) is 9.17. The average molecular weight is 665 g/mol. The van der Waals surface area contributed by atoms with Crippen LogP contribution in [0.2, 0.25) is 0 Å². The summed E-state index contributed by atoms with van der Waals surface area (Å²) in [7, 11) is -0.170. The van der Waals surface area contributed by atoms with Gasteiger partial charge in [0.2, 0.25) is 5.95 Å². The van der Waals surface area contributed by atoms with Crippen molar-refractivity contribution in [3.05, 3.63) is 58.3 Å². The normalized spacial score (nSPS) is 16.9. The van der Waals surface area contributed by atoms with Crippen molar-refractivity contribution in [2.75, 3.05) is 63.5 Å². The minimum absolute atomic E-state index is 0.0388. The Labute approximate surface area is 275 Å². The van der Waals surface area contributed by atoms with E-state index in [4.69, 9.17) is 14.5 Å². The predicted molar refractivity (Wildman–Crippen MR) is 183 cm³/mol. The molecule has 0 bridgehead atoms. The lowest BCUT2D eigenvalue weighted by Gasteiger charge is -2.30. The molecule has 0 saturated carbocycles. The SMILES string of the molecule is COCCS(=O)(=O)n1nc(C)c(-c2cc3cnc(Nc4ccc(NC5CCN(C)CC5)cc4)nc3n(CC3CCOCC3)c2=O)c1C. The van der Waals surface area contributed by atoms with E-state index in [1.54, 1.807) is 30.7 Å². The van der Waals surface area contributed by atoms with Crippen LogP contribution in [0.15, 0.2) is 41.3 Å². The van der Waals surface area contributed by atoms with E-state index >= 15 is 0 Å². The number of nitrogens with one attached hydrogen (secondary N) is 2. The first-order chi connectivity index (χ1) is 22.6. The first-order valence-electron chi connectivity index (χ1n) is 16.2. The van der Waals surface area contributed by atoms with Crippen molar-refractivity contribution >= 4 is 38.4 Å². The summed E-state index contributed by atoms with van der Waals surface area (Å²) in [6.07, 6.45) is 5.61. The number of methoxy groups -OCH3 is 1. The van der Waals surface area contributed by atoms with Crippen molar-refractivity contribution in [1.29, 1.82) is 0 Å². The number of aryl methyl sites for hydroxylation is 1. The number of likely N-dealkylation sites (tertiary alicyclic amines) is 1. The second kappa shape index (κ2) is 14.1. The lowest BCUT2D eigenvalue weighted by molar-refractivity contribution is 0.0613. The number of fused-ring (bicyclic) bond motifs is 1. The minimum Gasteiger partial charge on any atom is -0.384 e. The first kappa shape index (κ1) is 33.1. The van der Waals surface area contributed by atoms with Crippen LogP contribution in [0.1, 0.15) is 37.1 Å². The van der Waals surface area contributed by atoms with Crippen LogP contribution in [0.3, 0.4) is 0 Å². The highest BCUT2D eigenvalue weighted by Gasteiger charge is 2.26. The van der Waals surface area contributed by atoms with Gasteiger partial charge >= 0.3 is 0 Å². The van der Waals surface area contributed by atoms with Crippen LogP contribution in [0, 0.1) is 19.8 Å². The molecule has 252 valence electrons. The van der Waals surface area contributed by atoms with Crippen molar-refractivity contribution in [2.45, 2.75) is 52.1 Å². The van der Waals surface area contributed by atoms with E-state index in [-0.39, 0.29) is 23.8 Å². The van der Waals surface area contributed by atoms with Gasteiger partial charge in [0.1, 0.15) is 5.65 Å². The topological polar surface area (TPSA) is 146 Å². The Morgan fingerprint density at radius 1 is 1.04 bits per heavy atom. The molecular weight excluding hydrogens is 620 g/mol. The Balaban J connectivity index is 1.33. The molecular formula is C33H44N8O5S. The molecule has 0 radical (unpaired) electrons. The molecule has 2 aliphatic heterocycles. The molecule has 47 heavy (non-hydrogen) atoms. The summed E-state index contributed by atoms with van der Waals surface area (Å²) >= 11 is 0. The van der Waals surface area contributed by atoms with Crippen LogP contribution in [0.5, 0.6) is 0 Å². The largest absolute Gasteiger partial charge is 0.384 e. The zero-order valence-corrected chi connectivity index (χ0v) is 28.3. The highest BCUT2D eigenvalue weighted by atomic mass is 32.2.